The first-order valence-corrected chi connectivity index (χ1v) is 11.5. The van der Waals surface area contributed by atoms with Gasteiger partial charge >= 0.3 is 12.1 Å². The van der Waals surface area contributed by atoms with E-state index < -0.39 is 12.1 Å². The Morgan fingerprint density at radius 2 is 1.67 bits per heavy atom. The number of unbranched alkanes of at least 4 members (excludes halogenated alkanes) is 1. The number of benzene rings is 2. The Morgan fingerprint density at radius 3 is 2.30 bits per heavy atom. The Balaban J connectivity index is 1.20. The minimum Gasteiger partial charge on any atom is -0.481 e. The molecule has 0 aliphatic heterocycles. The fourth-order valence-electron chi connectivity index (χ4n) is 4.66. The molecule has 0 radical (unpaired) electrons. The maximum atomic E-state index is 12.5. The van der Waals surface area contributed by atoms with Crippen molar-refractivity contribution in [3.63, 3.8) is 0 Å². The molecule has 2 aliphatic carbocycles. The number of nitrogens with one attached hydrogen (secondary N) is 1. The van der Waals surface area contributed by atoms with E-state index in [4.69, 9.17) is 9.84 Å². The van der Waals surface area contributed by atoms with Gasteiger partial charge in [-0.25, -0.2) is 4.79 Å². The summed E-state index contributed by atoms with van der Waals surface area (Å²) in [6.45, 7) is 1.24. The number of hydrogen-bond acceptors (Lipinski definition) is 4. The quantitative estimate of drug-likeness (QED) is 0.536. The number of carbonyl (C=O) groups is 3. The van der Waals surface area contributed by atoms with Crippen LogP contribution >= 0.6 is 0 Å². The van der Waals surface area contributed by atoms with Gasteiger partial charge < -0.3 is 20.1 Å². The number of carbonyl (C=O) groups excluding carboxylic acids is 2. The molecule has 0 bridgehead atoms. The van der Waals surface area contributed by atoms with Crippen molar-refractivity contribution in [2.24, 2.45) is 11.8 Å². The molecule has 2 amide bonds. The highest BCUT2D eigenvalue weighted by Gasteiger charge is 2.44. The molecule has 0 spiro atoms. The molecule has 2 N–H and O–H groups in total. The van der Waals surface area contributed by atoms with E-state index in [2.05, 4.69) is 29.6 Å². The maximum Gasteiger partial charge on any atom is 0.407 e. The van der Waals surface area contributed by atoms with Crippen molar-refractivity contribution < 1.29 is 24.2 Å². The van der Waals surface area contributed by atoms with Crippen molar-refractivity contribution in [3.8, 4) is 11.1 Å². The van der Waals surface area contributed by atoms with Crippen LogP contribution in [-0.2, 0) is 14.3 Å². The second-order valence-corrected chi connectivity index (χ2v) is 8.92. The number of carboxylic acids is 1. The van der Waals surface area contributed by atoms with Gasteiger partial charge in [-0.3, -0.25) is 9.59 Å². The van der Waals surface area contributed by atoms with Crippen molar-refractivity contribution >= 4 is 18.0 Å². The van der Waals surface area contributed by atoms with Gasteiger partial charge in [0.2, 0.25) is 5.91 Å². The van der Waals surface area contributed by atoms with E-state index in [0.29, 0.717) is 25.9 Å². The Hall–Kier alpha value is -3.35. The van der Waals surface area contributed by atoms with Crippen molar-refractivity contribution in [2.45, 2.75) is 31.6 Å². The molecule has 0 aromatic heterocycles. The van der Waals surface area contributed by atoms with Crippen LogP contribution in [0.5, 0.6) is 0 Å². The van der Waals surface area contributed by atoms with Crippen LogP contribution in [0.1, 0.15) is 42.7 Å². The van der Waals surface area contributed by atoms with Crippen LogP contribution in [0.15, 0.2) is 48.5 Å². The average Bonchev–Trinajstić information content (AvgIpc) is 3.53. The highest BCUT2D eigenvalue weighted by atomic mass is 16.5. The maximum absolute atomic E-state index is 12.5. The number of rotatable bonds is 10. The average molecular weight is 451 g/mol. The lowest BCUT2D eigenvalue weighted by Gasteiger charge is -2.17. The second-order valence-electron chi connectivity index (χ2n) is 8.92. The smallest absolute Gasteiger partial charge is 0.407 e. The van der Waals surface area contributed by atoms with Crippen LogP contribution < -0.4 is 5.32 Å². The first-order chi connectivity index (χ1) is 16.0. The number of hydrogen-bond donors (Lipinski definition) is 2. The summed E-state index contributed by atoms with van der Waals surface area (Å²) in [5, 5.41) is 11.5. The topological polar surface area (TPSA) is 95.9 Å². The molecule has 1 fully saturated rings. The van der Waals surface area contributed by atoms with Gasteiger partial charge in [-0.1, -0.05) is 48.5 Å². The summed E-state index contributed by atoms with van der Waals surface area (Å²) in [5.41, 5.74) is 4.72. The molecule has 0 saturated heterocycles. The zero-order valence-electron chi connectivity index (χ0n) is 18.8. The molecule has 7 heteroatoms. The predicted octanol–water partition coefficient (Wildman–Crippen LogP) is 3.87. The number of nitrogens with zero attached hydrogens (tertiary/aromatic N) is 1. The molecule has 174 valence electrons. The third kappa shape index (κ3) is 5.35. The summed E-state index contributed by atoms with van der Waals surface area (Å²) in [4.78, 5) is 37.0. The van der Waals surface area contributed by atoms with Gasteiger partial charge in [0.05, 0.1) is 0 Å². The summed E-state index contributed by atoms with van der Waals surface area (Å²) in [7, 11) is 1.75. The minimum absolute atomic E-state index is 0.0215. The fraction of sp³-hybridized carbons (Fsp3) is 0.423. The molecule has 0 unspecified atom stereocenters. The van der Waals surface area contributed by atoms with Crippen molar-refractivity contribution in [1.29, 1.82) is 0 Å². The number of ether oxygens (including phenoxy) is 1. The second kappa shape index (κ2) is 10.1. The van der Waals surface area contributed by atoms with Crippen molar-refractivity contribution in [2.75, 3.05) is 26.7 Å². The van der Waals surface area contributed by atoms with E-state index in [1.54, 1.807) is 11.9 Å². The molecule has 7 nitrogen and oxygen atoms in total. The predicted molar refractivity (Wildman–Crippen MR) is 124 cm³/mol. The van der Waals surface area contributed by atoms with Gasteiger partial charge in [0.25, 0.3) is 0 Å². The van der Waals surface area contributed by atoms with Gasteiger partial charge in [0, 0.05) is 38.4 Å². The van der Waals surface area contributed by atoms with Crippen LogP contribution in [-0.4, -0.2) is 54.7 Å². The van der Waals surface area contributed by atoms with Crippen LogP contribution in [0, 0.1) is 11.8 Å². The van der Waals surface area contributed by atoms with Crippen molar-refractivity contribution in [3.05, 3.63) is 59.7 Å². The molecule has 0 heterocycles. The lowest BCUT2D eigenvalue weighted by atomic mass is 9.98. The van der Waals surface area contributed by atoms with E-state index in [9.17, 15) is 14.4 Å². The lowest BCUT2D eigenvalue weighted by molar-refractivity contribution is -0.137. The summed E-state index contributed by atoms with van der Waals surface area (Å²) >= 11 is 0. The molecule has 4 rings (SSSR count). The fourth-order valence-corrected chi connectivity index (χ4v) is 4.66. The summed E-state index contributed by atoms with van der Waals surface area (Å²) in [6.07, 6.45) is 1.64. The summed E-state index contributed by atoms with van der Waals surface area (Å²) in [6, 6.07) is 16.4. The van der Waals surface area contributed by atoms with E-state index in [1.807, 2.05) is 24.3 Å². The molecule has 2 aromatic carbocycles. The monoisotopic (exact) mass is 450 g/mol. The normalized spacial score (nSPS) is 18.2. The Kier molecular flexibility index (Phi) is 6.96. The van der Waals surface area contributed by atoms with Gasteiger partial charge in [0.15, 0.2) is 0 Å². The molecule has 33 heavy (non-hydrogen) atoms. The van der Waals surface area contributed by atoms with Gasteiger partial charge in [-0.2, -0.15) is 0 Å². The van der Waals surface area contributed by atoms with Crippen LogP contribution in [0.4, 0.5) is 4.79 Å². The van der Waals surface area contributed by atoms with Gasteiger partial charge in [0.1, 0.15) is 6.61 Å². The molecule has 2 atom stereocenters. The third-order valence-corrected chi connectivity index (χ3v) is 6.60. The zero-order valence-corrected chi connectivity index (χ0v) is 18.8. The first-order valence-electron chi connectivity index (χ1n) is 11.5. The summed E-state index contributed by atoms with van der Waals surface area (Å²) in [5.74, 6) is -0.689. The molecular formula is C26H30N2O5. The number of aliphatic carboxylic acids is 1. The van der Waals surface area contributed by atoms with E-state index >= 15 is 0 Å². The highest BCUT2D eigenvalue weighted by molar-refractivity contribution is 5.82. The van der Waals surface area contributed by atoms with Crippen LogP contribution in [0.2, 0.25) is 0 Å². The number of alkyl carbamates (subject to hydrolysis) is 1. The van der Waals surface area contributed by atoms with Crippen LogP contribution in [0.25, 0.3) is 11.1 Å². The Labute approximate surface area is 193 Å². The largest absolute Gasteiger partial charge is 0.481 e. The zero-order chi connectivity index (χ0) is 23.4. The van der Waals surface area contributed by atoms with Gasteiger partial charge in [-0.05, 0) is 47.4 Å². The van der Waals surface area contributed by atoms with Gasteiger partial charge in [-0.15, -0.1) is 0 Å². The van der Waals surface area contributed by atoms with Crippen LogP contribution in [0.3, 0.4) is 0 Å². The minimum atomic E-state index is -0.814. The Morgan fingerprint density at radius 1 is 1.03 bits per heavy atom. The SMILES string of the molecule is CN(CCCCC(=O)O)C(=O)[C@@H]1C[C@@H]1CNC(=O)OCC1c2ccccc2-c2ccccc21. The van der Waals surface area contributed by atoms with Crippen molar-refractivity contribution in [1.82, 2.24) is 10.2 Å². The standard InChI is InChI=1S/C26H30N2O5/c1-28(13-7-6-12-24(29)30)25(31)22-14-17(22)15-27-26(32)33-16-23-20-10-4-2-8-18(20)19-9-3-5-11-21(19)23/h2-5,8-11,17,22-23H,6-7,12-16H2,1H3,(H,27,32)(H,29,30)/t17-,22-/m1/s1. The van der Waals surface area contributed by atoms with E-state index in [0.717, 1.165) is 6.42 Å². The highest BCUT2D eigenvalue weighted by Crippen LogP contribution is 2.44. The lowest BCUT2D eigenvalue weighted by Crippen LogP contribution is -2.32. The third-order valence-electron chi connectivity index (χ3n) is 6.60. The molecule has 1 saturated carbocycles. The first kappa shape index (κ1) is 22.8. The molecular weight excluding hydrogens is 420 g/mol. The molecule has 2 aliphatic rings. The van der Waals surface area contributed by atoms with E-state index in [1.165, 1.54) is 22.3 Å². The number of carboxylic acid groups (broad SMARTS) is 1. The Bertz CT molecular complexity index is 991. The summed E-state index contributed by atoms with van der Waals surface area (Å²) < 4.78 is 5.55. The number of amides is 2. The van der Waals surface area contributed by atoms with E-state index in [-0.39, 0.29) is 36.7 Å². The molecule has 2 aromatic rings. The number of fused-ring (bicyclic) bond motifs is 3.